The Labute approximate surface area is 170 Å². The van der Waals surface area contributed by atoms with E-state index in [1.54, 1.807) is 44.6 Å². The molecule has 2 rings (SSSR count). The molecule has 0 saturated heterocycles. The maximum absolute atomic E-state index is 12.2. The zero-order chi connectivity index (χ0) is 21.2. The second-order valence-electron chi connectivity index (χ2n) is 6.27. The number of anilines is 1. The molecule has 7 heteroatoms. The molecular weight excluding hydrogens is 374 g/mol. The number of rotatable bonds is 10. The molecule has 0 aliphatic heterocycles. The summed E-state index contributed by atoms with van der Waals surface area (Å²) >= 11 is 0. The standard InChI is InChI=1S/C22H27NO6/c1-5-28-18-10-8-17(9-11-18)23-22(25)15(2)29-21(24)13-7-16-6-12-19(26-3)20(14-16)27-4/h6,8-12,14-15H,5,7,13H2,1-4H3,(H,23,25)/t15-/m1/s1. The quantitative estimate of drug-likeness (QED) is 0.613. The largest absolute Gasteiger partial charge is 0.494 e. The highest BCUT2D eigenvalue weighted by atomic mass is 16.5. The highest BCUT2D eigenvalue weighted by Crippen LogP contribution is 2.28. The molecule has 0 aliphatic rings. The van der Waals surface area contributed by atoms with Crippen LogP contribution in [0.15, 0.2) is 42.5 Å². The third-order valence-corrected chi connectivity index (χ3v) is 4.18. The number of hydrogen-bond acceptors (Lipinski definition) is 6. The Morgan fingerprint density at radius 2 is 1.69 bits per heavy atom. The average Bonchev–Trinajstić information content (AvgIpc) is 2.73. The van der Waals surface area contributed by atoms with Crippen LogP contribution in [0.4, 0.5) is 5.69 Å². The zero-order valence-electron chi connectivity index (χ0n) is 17.2. The molecule has 1 amide bonds. The van der Waals surface area contributed by atoms with Gasteiger partial charge in [0.2, 0.25) is 0 Å². The van der Waals surface area contributed by atoms with Gasteiger partial charge in [-0.3, -0.25) is 9.59 Å². The predicted molar refractivity (Wildman–Crippen MR) is 110 cm³/mol. The molecule has 7 nitrogen and oxygen atoms in total. The van der Waals surface area contributed by atoms with Gasteiger partial charge in [0.25, 0.3) is 5.91 Å². The average molecular weight is 401 g/mol. The molecule has 2 aromatic rings. The molecule has 0 fully saturated rings. The van der Waals surface area contributed by atoms with Gasteiger partial charge in [-0.05, 0) is 62.2 Å². The topological polar surface area (TPSA) is 83.1 Å². The van der Waals surface area contributed by atoms with Crippen LogP contribution in [0.5, 0.6) is 17.2 Å². The van der Waals surface area contributed by atoms with Gasteiger partial charge in [0.05, 0.1) is 20.8 Å². The van der Waals surface area contributed by atoms with Crippen molar-refractivity contribution < 1.29 is 28.5 Å². The van der Waals surface area contributed by atoms with Gasteiger partial charge < -0.3 is 24.3 Å². The Balaban J connectivity index is 1.82. The van der Waals surface area contributed by atoms with Crippen molar-refractivity contribution in [3.05, 3.63) is 48.0 Å². The third kappa shape index (κ3) is 6.71. The van der Waals surface area contributed by atoms with E-state index < -0.39 is 18.0 Å². The van der Waals surface area contributed by atoms with Crippen molar-refractivity contribution in [2.45, 2.75) is 32.8 Å². The molecule has 0 spiro atoms. The van der Waals surface area contributed by atoms with Gasteiger partial charge in [-0.1, -0.05) is 6.07 Å². The van der Waals surface area contributed by atoms with Crippen LogP contribution in [0.3, 0.4) is 0 Å². The van der Waals surface area contributed by atoms with Gasteiger partial charge in [0.15, 0.2) is 17.6 Å². The molecule has 0 bridgehead atoms. The van der Waals surface area contributed by atoms with Crippen molar-refractivity contribution in [2.24, 2.45) is 0 Å². The van der Waals surface area contributed by atoms with E-state index in [1.165, 1.54) is 6.92 Å². The molecule has 0 unspecified atom stereocenters. The van der Waals surface area contributed by atoms with E-state index >= 15 is 0 Å². The number of methoxy groups -OCH3 is 2. The van der Waals surface area contributed by atoms with Gasteiger partial charge in [0.1, 0.15) is 5.75 Å². The minimum Gasteiger partial charge on any atom is -0.494 e. The summed E-state index contributed by atoms with van der Waals surface area (Å²) in [6, 6.07) is 12.4. The number of carbonyl (C=O) groups is 2. The van der Waals surface area contributed by atoms with E-state index in [4.69, 9.17) is 18.9 Å². The third-order valence-electron chi connectivity index (χ3n) is 4.18. The van der Waals surface area contributed by atoms with Crippen LogP contribution in [0.1, 0.15) is 25.8 Å². The summed E-state index contributed by atoms with van der Waals surface area (Å²) in [6.45, 7) is 4.01. The maximum Gasteiger partial charge on any atom is 0.306 e. The molecule has 0 aliphatic carbocycles. The van der Waals surface area contributed by atoms with Crippen LogP contribution >= 0.6 is 0 Å². The summed E-state index contributed by atoms with van der Waals surface area (Å²) in [5.41, 5.74) is 1.51. The first-order chi connectivity index (χ1) is 14.0. The van der Waals surface area contributed by atoms with Crippen LogP contribution in [0, 0.1) is 0 Å². The molecule has 0 radical (unpaired) electrons. The monoisotopic (exact) mass is 401 g/mol. The lowest BCUT2D eigenvalue weighted by Gasteiger charge is -2.14. The second kappa shape index (κ2) is 10.9. The molecule has 2 aromatic carbocycles. The minimum absolute atomic E-state index is 0.149. The van der Waals surface area contributed by atoms with Gasteiger partial charge in [0, 0.05) is 12.1 Å². The summed E-state index contributed by atoms with van der Waals surface area (Å²) in [5, 5.41) is 2.72. The predicted octanol–water partition coefficient (Wildman–Crippen LogP) is 3.61. The molecule has 156 valence electrons. The Morgan fingerprint density at radius 1 is 1.00 bits per heavy atom. The Morgan fingerprint density at radius 3 is 2.31 bits per heavy atom. The van der Waals surface area contributed by atoms with Crippen molar-refractivity contribution in [3.63, 3.8) is 0 Å². The smallest absolute Gasteiger partial charge is 0.306 e. The van der Waals surface area contributed by atoms with E-state index in [1.807, 2.05) is 19.1 Å². The Bertz CT molecular complexity index is 819. The normalized spacial score (nSPS) is 11.3. The summed E-state index contributed by atoms with van der Waals surface area (Å²) < 4.78 is 21.0. The number of aryl methyl sites for hydroxylation is 1. The first-order valence-corrected chi connectivity index (χ1v) is 9.41. The van der Waals surface area contributed by atoms with Gasteiger partial charge in [-0.15, -0.1) is 0 Å². The lowest BCUT2D eigenvalue weighted by molar-refractivity contribution is -0.153. The number of carbonyl (C=O) groups excluding carboxylic acids is 2. The number of amides is 1. The molecule has 0 aromatic heterocycles. The zero-order valence-corrected chi connectivity index (χ0v) is 17.2. The maximum atomic E-state index is 12.2. The molecule has 1 N–H and O–H groups in total. The van der Waals surface area contributed by atoms with Crippen molar-refractivity contribution in [2.75, 3.05) is 26.1 Å². The van der Waals surface area contributed by atoms with E-state index in [2.05, 4.69) is 5.32 Å². The van der Waals surface area contributed by atoms with Gasteiger partial charge in [-0.25, -0.2) is 0 Å². The number of benzene rings is 2. The highest BCUT2D eigenvalue weighted by Gasteiger charge is 2.18. The first-order valence-electron chi connectivity index (χ1n) is 9.41. The number of ether oxygens (including phenoxy) is 4. The molecule has 0 saturated carbocycles. The summed E-state index contributed by atoms with van der Waals surface area (Å²) in [6.07, 6.45) is -0.290. The fraction of sp³-hybridized carbons (Fsp3) is 0.364. The summed E-state index contributed by atoms with van der Waals surface area (Å²) in [4.78, 5) is 24.3. The number of esters is 1. The van der Waals surface area contributed by atoms with E-state index in [-0.39, 0.29) is 6.42 Å². The van der Waals surface area contributed by atoms with Crippen LogP contribution in [-0.2, 0) is 20.7 Å². The van der Waals surface area contributed by atoms with Crippen LogP contribution in [0.25, 0.3) is 0 Å². The lowest BCUT2D eigenvalue weighted by atomic mass is 10.1. The van der Waals surface area contributed by atoms with Crippen molar-refractivity contribution in [1.82, 2.24) is 0 Å². The number of nitrogens with one attached hydrogen (secondary N) is 1. The van der Waals surface area contributed by atoms with Crippen molar-refractivity contribution in [3.8, 4) is 17.2 Å². The van der Waals surface area contributed by atoms with Crippen molar-refractivity contribution >= 4 is 17.6 Å². The van der Waals surface area contributed by atoms with E-state index in [0.717, 1.165) is 11.3 Å². The summed E-state index contributed by atoms with van der Waals surface area (Å²) in [5.74, 6) is 1.10. The Hall–Kier alpha value is -3.22. The second-order valence-corrected chi connectivity index (χ2v) is 6.27. The van der Waals surface area contributed by atoms with Crippen molar-refractivity contribution in [1.29, 1.82) is 0 Å². The van der Waals surface area contributed by atoms with Gasteiger partial charge >= 0.3 is 5.97 Å². The molecule has 0 heterocycles. The fourth-order valence-electron chi connectivity index (χ4n) is 2.64. The molecule has 1 atom stereocenters. The first kappa shape index (κ1) is 22.1. The van der Waals surface area contributed by atoms with E-state index in [9.17, 15) is 9.59 Å². The SMILES string of the molecule is CCOc1ccc(NC(=O)[C@@H](C)OC(=O)CCc2ccc(OC)c(OC)c2)cc1. The fourth-order valence-corrected chi connectivity index (χ4v) is 2.64. The highest BCUT2D eigenvalue weighted by molar-refractivity contribution is 5.95. The van der Waals surface area contributed by atoms with Crippen LogP contribution in [-0.4, -0.2) is 38.8 Å². The van der Waals surface area contributed by atoms with Crippen LogP contribution < -0.4 is 19.5 Å². The van der Waals surface area contributed by atoms with Gasteiger partial charge in [-0.2, -0.15) is 0 Å². The van der Waals surface area contributed by atoms with E-state index in [0.29, 0.717) is 30.2 Å². The Kier molecular flexibility index (Phi) is 8.33. The number of hydrogen-bond donors (Lipinski definition) is 1. The lowest BCUT2D eigenvalue weighted by Crippen LogP contribution is -2.30. The van der Waals surface area contributed by atoms with Crippen LogP contribution in [0.2, 0.25) is 0 Å². The molecule has 29 heavy (non-hydrogen) atoms. The minimum atomic E-state index is -0.903. The summed E-state index contributed by atoms with van der Waals surface area (Å²) in [7, 11) is 3.12. The molecular formula is C22H27NO6.